The van der Waals surface area contributed by atoms with Gasteiger partial charge in [-0.2, -0.15) is 0 Å². The first-order chi connectivity index (χ1) is 8.58. The van der Waals surface area contributed by atoms with Gasteiger partial charge in [0.05, 0.1) is 7.11 Å². The molecule has 0 aliphatic heterocycles. The van der Waals surface area contributed by atoms with Gasteiger partial charge in [0.2, 0.25) is 5.91 Å². The number of unbranched alkanes of at least 4 members (excludes halogenated alkanes) is 1. The fraction of sp³-hybridized carbons (Fsp3) is 0.500. The van der Waals surface area contributed by atoms with Crippen LogP contribution < -0.4 is 16.0 Å². The van der Waals surface area contributed by atoms with Crippen LogP contribution in [0.5, 0.6) is 5.75 Å². The monoisotopic (exact) mass is 250 g/mol. The zero-order chi connectivity index (χ0) is 13.5. The zero-order valence-electron chi connectivity index (χ0n) is 11.4. The van der Waals surface area contributed by atoms with Gasteiger partial charge < -0.3 is 4.74 Å². The molecule has 1 rings (SSSR count). The number of hydrazine groups is 1. The molecule has 4 nitrogen and oxygen atoms in total. The first-order valence-electron chi connectivity index (χ1n) is 6.22. The van der Waals surface area contributed by atoms with Crippen LogP contribution in [0.15, 0.2) is 12.1 Å². The fourth-order valence-corrected chi connectivity index (χ4v) is 2.19. The van der Waals surface area contributed by atoms with Crippen LogP contribution in [0.3, 0.4) is 0 Å². The lowest BCUT2D eigenvalue weighted by Gasteiger charge is -2.12. The number of aryl methyl sites for hydroxylation is 3. The van der Waals surface area contributed by atoms with E-state index in [0.29, 0.717) is 6.42 Å². The lowest BCUT2D eigenvalue weighted by atomic mass is 10.0. The second kappa shape index (κ2) is 7.01. The highest BCUT2D eigenvalue weighted by Crippen LogP contribution is 2.26. The van der Waals surface area contributed by atoms with Gasteiger partial charge in [-0.1, -0.05) is 17.7 Å². The summed E-state index contributed by atoms with van der Waals surface area (Å²) in [5, 5.41) is 0. The van der Waals surface area contributed by atoms with E-state index in [2.05, 4.69) is 31.4 Å². The van der Waals surface area contributed by atoms with Gasteiger partial charge in [-0.25, -0.2) is 5.84 Å². The number of hydrogen-bond donors (Lipinski definition) is 2. The van der Waals surface area contributed by atoms with Crippen LogP contribution in [0.2, 0.25) is 0 Å². The molecule has 0 aromatic heterocycles. The average molecular weight is 250 g/mol. The van der Waals surface area contributed by atoms with E-state index in [0.717, 1.165) is 30.6 Å². The molecule has 0 saturated carbocycles. The highest BCUT2D eigenvalue weighted by Gasteiger charge is 2.07. The van der Waals surface area contributed by atoms with E-state index in [1.807, 2.05) is 0 Å². The van der Waals surface area contributed by atoms with Crippen molar-refractivity contribution in [1.82, 2.24) is 5.43 Å². The smallest absolute Gasteiger partial charge is 0.233 e. The molecule has 0 bridgehead atoms. The topological polar surface area (TPSA) is 64.3 Å². The predicted octanol–water partition coefficient (Wildman–Crippen LogP) is 2.01. The van der Waals surface area contributed by atoms with Crippen molar-refractivity contribution in [3.63, 3.8) is 0 Å². The molecule has 1 amide bonds. The number of carbonyl (C=O) groups excluding carboxylic acids is 1. The molecule has 3 N–H and O–H groups in total. The molecule has 1 aromatic rings. The lowest BCUT2D eigenvalue weighted by molar-refractivity contribution is -0.121. The molecule has 0 aliphatic rings. The SMILES string of the molecule is COc1c(C)cc(C)cc1CCCCC(=O)NN. The van der Waals surface area contributed by atoms with E-state index >= 15 is 0 Å². The molecule has 0 atom stereocenters. The standard InChI is InChI=1S/C14H22N2O2/c1-10-8-11(2)14(18-3)12(9-10)6-4-5-7-13(17)16-15/h8-9H,4-7,15H2,1-3H3,(H,16,17). The lowest BCUT2D eigenvalue weighted by Crippen LogP contribution is -2.29. The molecule has 0 saturated heterocycles. The van der Waals surface area contributed by atoms with Crippen molar-refractivity contribution >= 4 is 5.91 Å². The van der Waals surface area contributed by atoms with E-state index in [9.17, 15) is 4.79 Å². The van der Waals surface area contributed by atoms with Gasteiger partial charge in [0.25, 0.3) is 0 Å². The van der Waals surface area contributed by atoms with Crippen molar-refractivity contribution < 1.29 is 9.53 Å². The summed E-state index contributed by atoms with van der Waals surface area (Å²) in [6, 6.07) is 4.26. The van der Waals surface area contributed by atoms with Crippen molar-refractivity contribution in [2.45, 2.75) is 39.5 Å². The van der Waals surface area contributed by atoms with Crippen molar-refractivity contribution in [1.29, 1.82) is 0 Å². The normalized spacial score (nSPS) is 10.2. The summed E-state index contributed by atoms with van der Waals surface area (Å²) >= 11 is 0. The van der Waals surface area contributed by atoms with Crippen LogP contribution in [0.25, 0.3) is 0 Å². The highest BCUT2D eigenvalue weighted by molar-refractivity contribution is 5.75. The molecule has 4 heteroatoms. The summed E-state index contributed by atoms with van der Waals surface area (Å²) in [5.74, 6) is 5.88. The zero-order valence-corrected chi connectivity index (χ0v) is 11.4. The molecule has 0 aliphatic carbocycles. The van der Waals surface area contributed by atoms with Crippen LogP contribution in [0, 0.1) is 13.8 Å². The van der Waals surface area contributed by atoms with Crippen LogP contribution in [0.4, 0.5) is 0 Å². The Hall–Kier alpha value is -1.55. The Morgan fingerprint density at radius 3 is 2.67 bits per heavy atom. The highest BCUT2D eigenvalue weighted by atomic mass is 16.5. The predicted molar refractivity (Wildman–Crippen MR) is 72.4 cm³/mol. The Morgan fingerprint density at radius 2 is 2.06 bits per heavy atom. The maximum Gasteiger partial charge on any atom is 0.233 e. The summed E-state index contributed by atoms with van der Waals surface area (Å²) in [6.45, 7) is 4.13. The molecule has 100 valence electrons. The minimum absolute atomic E-state index is 0.109. The van der Waals surface area contributed by atoms with E-state index < -0.39 is 0 Å². The molecule has 0 heterocycles. The third-order valence-electron chi connectivity index (χ3n) is 2.96. The largest absolute Gasteiger partial charge is 0.496 e. The van der Waals surface area contributed by atoms with Gasteiger partial charge in [0.1, 0.15) is 5.75 Å². The minimum Gasteiger partial charge on any atom is -0.496 e. The molecule has 0 radical (unpaired) electrons. The third kappa shape index (κ3) is 4.04. The minimum atomic E-state index is -0.109. The van der Waals surface area contributed by atoms with Crippen LogP contribution in [-0.2, 0) is 11.2 Å². The Morgan fingerprint density at radius 1 is 1.33 bits per heavy atom. The molecular formula is C14H22N2O2. The van der Waals surface area contributed by atoms with Crippen LogP contribution in [-0.4, -0.2) is 13.0 Å². The number of hydrogen-bond acceptors (Lipinski definition) is 3. The maximum absolute atomic E-state index is 11.0. The Balaban J connectivity index is 2.58. The van der Waals surface area contributed by atoms with Crippen LogP contribution in [0.1, 0.15) is 36.0 Å². The number of rotatable bonds is 6. The Labute approximate surface area is 108 Å². The van der Waals surface area contributed by atoms with Gasteiger partial charge in [-0.05, 0) is 44.2 Å². The number of carbonyl (C=O) groups is 1. The van der Waals surface area contributed by atoms with Gasteiger partial charge in [-0.15, -0.1) is 0 Å². The van der Waals surface area contributed by atoms with Gasteiger partial charge in [0, 0.05) is 6.42 Å². The summed E-state index contributed by atoms with van der Waals surface area (Å²) in [5.41, 5.74) is 5.75. The van der Waals surface area contributed by atoms with E-state index in [4.69, 9.17) is 10.6 Å². The summed E-state index contributed by atoms with van der Waals surface area (Å²) in [7, 11) is 1.70. The quantitative estimate of drug-likeness (QED) is 0.351. The number of ether oxygens (including phenoxy) is 1. The van der Waals surface area contributed by atoms with Crippen molar-refractivity contribution in [2.75, 3.05) is 7.11 Å². The van der Waals surface area contributed by atoms with Crippen LogP contribution >= 0.6 is 0 Å². The third-order valence-corrected chi connectivity index (χ3v) is 2.96. The van der Waals surface area contributed by atoms with Gasteiger partial charge >= 0.3 is 0 Å². The number of benzene rings is 1. The Kier molecular flexibility index (Phi) is 5.65. The second-order valence-corrected chi connectivity index (χ2v) is 4.55. The summed E-state index contributed by atoms with van der Waals surface area (Å²) in [4.78, 5) is 11.0. The average Bonchev–Trinajstić information content (AvgIpc) is 2.33. The molecule has 0 spiro atoms. The summed E-state index contributed by atoms with van der Waals surface area (Å²) in [6.07, 6.45) is 3.18. The Bertz CT molecular complexity index is 417. The molecule has 0 fully saturated rings. The second-order valence-electron chi connectivity index (χ2n) is 4.55. The van der Waals surface area contributed by atoms with Crippen molar-refractivity contribution in [3.8, 4) is 5.75 Å². The number of nitrogens with one attached hydrogen (secondary N) is 1. The fourth-order valence-electron chi connectivity index (χ4n) is 2.19. The molecular weight excluding hydrogens is 228 g/mol. The molecule has 0 unspecified atom stereocenters. The number of nitrogens with two attached hydrogens (primary N) is 1. The first-order valence-corrected chi connectivity index (χ1v) is 6.22. The first kappa shape index (κ1) is 14.5. The van der Waals surface area contributed by atoms with E-state index in [1.165, 1.54) is 11.1 Å². The van der Waals surface area contributed by atoms with Crippen molar-refractivity contribution in [3.05, 3.63) is 28.8 Å². The molecule has 1 aromatic carbocycles. The summed E-state index contributed by atoms with van der Waals surface area (Å²) < 4.78 is 5.43. The molecule has 18 heavy (non-hydrogen) atoms. The van der Waals surface area contributed by atoms with Gasteiger partial charge in [-0.3, -0.25) is 10.2 Å². The maximum atomic E-state index is 11.0. The van der Waals surface area contributed by atoms with E-state index in [1.54, 1.807) is 7.11 Å². The number of amides is 1. The van der Waals surface area contributed by atoms with E-state index in [-0.39, 0.29) is 5.91 Å². The van der Waals surface area contributed by atoms with Crippen molar-refractivity contribution in [2.24, 2.45) is 5.84 Å². The number of methoxy groups -OCH3 is 1. The van der Waals surface area contributed by atoms with Gasteiger partial charge in [0.15, 0.2) is 0 Å².